The van der Waals surface area contributed by atoms with Crippen LogP contribution in [0.1, 0.15) is 10.4 Å². The van der Waals surface area contributed by atoms with Crippen LogP contribution in [0.15, 0.2) is 31.0 Å². The monoisotopic (exact) mass is 274 g/mol. The van der Waals surface area contributed by atoms with E-state index in [9.17, 15) is 14.9 Å². The zero-order valence-electron chi connectivity index (χ0n) is 10.4. The molecule has 0 aliphatic rings. The predicted octanol–water partition coefficient (Wildman–Crippen LogP) is 1.07. The minimum atomic E-state index is -0.616. The molecule has 2 heterocycles. The Morgan fingerprint density at radius 1 is 1.30 bits per heavy atom. The summed E-state index contributed by atoms with van der Waals surface area (Å²) in [4.78, 5) is 33.6. The van der Waals surface area contributed by atoms with Gasteiger partial charge in [0.2, 0.25) is 0 Å². The molecule has 20 heavy (non-hydrogen) atoms. The first-order valence-electron chi connectivity index (χ1n) is 5.50. The molecule has 0 aliphatic heterocycles. The van der Waals surface area contributed by atoms with Crippen LogP contribution >= 0.6 is 0 Å². The van der Waals surface area contributed by atoms with Crippen LogP contribution in [0, 0.1) is 10.1 Å². The first kappa shape index (κ1) is 13.3. The van der Waals surface area contributed by atoms with Gasteiger partial charge in [-0.2, -0.15) is 0 Å². The van der Waals surface area contributed by atoms with Crippen LogP contribution < -0.4 is 10.6 Å². The number of nitrogens with one attached hydrogen (secondary N) is 2. The second kappa shape index (κ2) is 5.69. The Hall–Kier alpha value is -3.10. The second-order valence-electron chi connectivity index (χ2n) is 3.68. The molecule has 2 aromatic rings. The Morgan fingerprint density at radius 3 is 2.60 bits per heavy atom. The average Bonchev–Trinajstić information content (AvgIpc) is 2.47. The van der Waals surface area contributed by atoms with Gasteiger partial charge < -0.3 is 10.6 Å². The summed E-state index contributed by atoms with van der Waals surface area (Å²) in [6.07, 6.45) is 5.22. The van der Waals surface area contributed by atoms with Gasteiger partial charge in [-0.25, -0.2) is 15.0 Å². The van der Waals surface area contributed by atoms with E-state index in [-0.39, 0.29) is 17.1 Å². The van der Waals surface area contributed by atoms with E-state index in [2.05, 4.69) is 25.6 Å². The third-order valence-corrected chi connectivity index (χ3v) is 2.38. The predicted molar refractivity (Wildman–Crippen MR) is 70.4 cm³/mol. The summed E-state index contributed by atoms with van der Waals surface area (Å²) >= 11 is 0. The highest BCUT2D eigenvalue weighted by molar-refractivity contribution is 6.07. The van der Waals surface area contributed by atoms with Crippen LogP contribution in [0.3, 0.4) is 0 Å². The van der Waals surface area contributed by atoms with Gasteiger partial charge in [0.05, 0.1) is 28.6 Å². The molecule has 0 bridgehead atoms. The van der Waals surface area contributed by atoms with Crippen molar-refractivity contribution in [1.82, 2.24) is 15.0 Å². The molecule has 0 saturated carbocycles. The first-order chi connectivity index (χ1) is 9.61. The molecule has 0 atom stereocenters. The molecule has 0 aromatic carbocycles. The van der Waals surface area contributed by atoms with E-state index < -0.39 is 10.8 Å². The summed E-state index contributed by atoms with van der Waals surface area (Å²) < 4.78 is 0. The smallest absolute Gasteiger partial charge is 0.288 e. The number of nitro groups is 1. The number of hydrogen-bond donors (Lipinski definition) is 2. The molecule has 2 N–H and O–H groups in total. The zero-order valence-corrected chi connectivity index (χ0v) is 10.4. The van der Waals surface area contributed by atoms with Crippen molar-refractivity contribution < 1.29 is 9.72 Å². The Labute approximate surface area is 113 Å². The average molecular weight is 274 g/mol. The van der Waals surface area contributed by atoms with Crippen LogP contribution in [0.2, 0.25) is 0 Å². The number of hydrogen-bond acceptors (Lipinski definition) is 7. The van der Waals surface area contributed by atoms with Crippen molar-refractivity contribution in [2.75, 3.05) is 17.7 Å². The van der Waals surface area contributed by atoms with Gasteiger partial charge in [-0.15, -0.1) is 0 Å². The summed E-state index contributed by atoms with van der Waals surface area (Å²) in [7, 11) is 1.57. The van der Waals surface area contributed by atoms with Crippen LogP contribution in [-0.2, 0) is 0 Å². The van der Waals surface area contributed by atoms with Gasteiger partial charge in [0.15, 0.2) is 0 Å². The third-order valence-electron chi connectivity index (χ3n) is 2.38. The number of rotatable bonds is 4. The Balaban J connectivity index is 2.32. The molecule has 2 rings (SSSR count). The number of carbonyl (C=O) groups is 1. The van der Waals surface area contributed by atoms with Gasteiger partial charge in [0.25, 0.3) is 11.6 Å². The lowest BCUT2D eigenvalue weighted by molar-refractivity contribution is -0.385. The van der Waals surface area contributed by atoms with Crippen molar-refractivity contribution >= 4 is 23.1 Å². The molecule has 102 valence electrons. The molecule has 1 amide bonds. The maximum atomic E-state index is 12.1. The number of nitrogens with zero attached hydrogens (tertiary/aromatic N) is 4. The molecule has 9 nitrogen and oxygen atoms in total. The fraction of sp³-hybridized carbons (Fsp3) is 0.0909. The van der Waals surface area contributed by atoms with E-state index in [0.29, 0.717) is 5.69 Å². The van der Waals surface area contributed by atoms with Gasteiger partial charge in [-0.3, -0.25) is 14.9 Å². The van der Waals surface area contributed by atoms with Crippen molar-refractivity contribution in [2.24, 2.45) is 0 Å². The lowest BCUT2D eigenvalue weighted by Gasteiger charge is -2.08. The Kier molecular flexibility index (Phi) is 3.80. The Morgan fingerprint density at radius 2 is 2.00 bits per heavy atom. The van der Waals surface area contributed by atoms with Crippen molar-refractivity contribution in [3.05, 3.63) is 46.7 Å². The van der Waals surface area contributed by atoms with Crippen LogP contribution in [0.4, 0.5) is 17.2 Å². The highest BCUT2D eigenvalue weighted by Gasteiger charge is 2.17. The van der Waals surface area contributed by atoms with Gasteiger partial charge in [-0.1, -0.05) is 0 Å². The maximum Gasteiger partial charge on any atom is 0.288 e. The number of amides is 1. The molecule has 0 aliphatic carbocycles. The molecule has 0 fully saturated rings. The molecule has 0 spiro atoms. The van der Waals surface area contributed by atoms with E-state index in [1.165, 1.54) is 18.7 Å². The standard InChI is InChI=1S/C11H10N6O3/c1-12-10-9(2-8(5-15-10)17(19)20)11(18)16-7-3-13-6-14-4-7/h2-6H,1H3,(H,12,15)(H,16,18). The molecule has 0 radical (unpaired) electrons. The van der Waals surface area contributed by atoms with Crippen LogP contribution in [0.5, 0.6) is 0 Å². The van der Waals surface area contributed by atoms with Gasteiger partial charge in [-0.05, 0) is 0 Å². The van der Waals surface area contributed by atoms with Crippen molar-refractivity contribution in [3.8, 4) is 0 Å². The van der Waals surface area contributed by atoms with Gasteiger partial charge >= 0.3 is 0 Å². The number of carbonyl (C=O) groups excluding carboxylic acids is 1. The maximum absolute atomic E-state index is 12.1. The summed E-state index contributed by atoms with van der Waals surface area (Å²) in [6, 6.07) is 1.15. The molecular weight excluding hydrogens is 264 g/mol. The molecule has 0 unspecified atom stereocenters. The number of pyridine rings is 1. The minimum absolute atomic E-state index is 0.0607. The number of anilines is 2. The van der Waals surface area contributed by atoms with E-state index in [0.717, 1.165) is 12.3 Å². The highest BCUT2D eigenvalue weighted by Crippen LogP contribution is 2.19. The molecule has 0 saturated heterocycles. The molecule has 2 aromatic heterocycles. The molecule has 9 heteroatoms. The highest BCUT2D eigenvalue weighted by atomic mass is 16.6. The van der Waals surface area contributed by atoms with E-state index >= 15 is 0 Å². The summed E-state index contributed by atoms with van der Waals surface area (Å²) in [5.74, 6) is -0.301. The topological polar surface area (TPSA) is 123 Å². The lowest BCUT2D eigenvalue weighted by atomic mass is 10.2. The fourth-order valence-corrected chi connectivity index (χ4v) is 1.49. The minimum Gasteiger partial charge on any atom is -0.372 e. The normalized spacial score (nSPS) is 9.85. The van der Waals surface area contributed by atoms with Crippen molar-refractivity contribution in [3.63, 3.8) is 0 Å². The summed E-state index contributed by atoms with van der Waals surface area (Å²) in [6.45, 7) is 0. The van der Waals surface area contributed by atoms with Gasteiger partial charge in [0.1, 0.15) is 18.3 Å². The second-order valence-corrected chi connectivity index (χ2v) is 3.68. The zero-order chi connectivity index (χ0) is 14.5. The SMILES string of the molecule is CNc1ncc([N+](=O)[O-])cc1C(=O)Nc1cncnc1. The number of aromatic nitrogens is 3. The van der Waals surface area contributed by atoms with E-state index in [1.54, 1.807) is 7.05 Å². The van der Waals surface area contributed by atoms with Crippen LogP contribution in [0.25, 0.3) is 0 Å². The molecular formula is C11H10N6O3. The van der Waals surface area contributed by atoms with Crippen molar-refractivity contribution in [2.45, 2.75) is 0 Å². The van der Waals surface area contributed by atoms with E-state index in [4.69, 9.17) is 0 Å². The quantitative estimate of drug-likeness (QED) is 0.631. The van der Waals surface area contributed by atoms with Crippen LogP contribution in [-0.4, -0.2) is 32.8 Å². The summed E-state index contributed by atoms with van der Waals surface area (Å²) in [5, 5.41) is 16.0. The van der Waals surface area contributed by atoms with Crippen molar-refractivity contribution in [1.29, 1.82) is 0 Å². The third kappa shape index (κ3) is 2.83. The summed E-state index contributed by atoms with van der Waals surface area (Å²) in [5.41, 5.74) is 0.176. The van der Waals surface area contributed by atoms with E-state index in [1.807, 2.05) is 0 Å². The largest absolute Gasteiger partial charge is 0.372 e. The first-order valence-corrected chi connectivity index (χ1v) is 5.50. The fourth-order valence-electron chi connectivity index (χ4n) is 1.49. The lowest BCUT2D eigenvalue weighted by Crippen LogP contribution is -2.15. The van der Waals surface area contributed by atoms with Gasteiger partial charge in [0, 0.05) is 13.1 Å². The Bertz CT molecular complexity index is 646.